The highest BCUT2D eigenvalue weighted by Gasteiger charge is 2.17. The number of benzene rings is 3. The molecule has 6 aromatic rings. The van der Waals surface area contributed by atoms with Gasteiger partial charge < -0.3 is 13.9 Å². The molecule has 0 saturated heterocycles. The van der Waals surface area contributed by atoms with Crippen LogP contribution < -0.4 is 15.1 Å². The van der Waals surface area contributed by atoms with Crippen molar-refractivity contribution in [1.82, 2.24) is 23.5 Å². The number of aromatic nitrogens is 5. The third kappa shape index (κ3) is 4.80. The third-order valence-corrected chi connectivity index (χ3v) is 8.09. The van der Waals surface area contributed by atoms with Gasteiger partial charge in [0.25, 0.3) is 5.56 Å². The number of imidazole rings is 1. The van der Waals surface area contributed by atoms with Crippen LogP contribution in [0.2, 0.25) is 0 Å². The number of rotatable bonds is 8. The normalized spacial score (nSPS) is 11.9. The quantitative estimate of drug-likeness (QED) is 0.244. The van der Waals surface area contributed by atoms with Crippen LogP contribution in [0.4, 0.5) is 5.69 Å². The van der Waals surface area contributed by atoms with Gasteiger partial charge in [0.2, 0.25) is 0 Å². The summed E-state index contributed by atoms with van der Waals surface area (Å²) in [5.74, 6) is 0.839. The van der Waals surface area contributed by atoms with Gasteiger partial charge >= 0.3 is 0 Å². The standard InChI is InChI=1S/C31H30N6O2S/c1-22-29(30(38)37(34(22)2)26-8-5-4-6-9-26)33-31-36(16-7-15-35-17-14-32-21-35)28(20-40-31)25-11-10-24-19-27(39-3)13-12-23(24)18-25/h4-6,8-14,17-21H,7,15-16H2,1-3H3. The van der Waals surface area contributed by atoms with Crippen molar-refractivity contribution < 1.29 is 4.74 Å². The number of thiazole rings is 1. The fourth-order valence-electron chi connectivity index (χ4n) is 4.98. The summed E-state index contributed by atoms with van der Waals surface area (Å²) in [4.78, 5) is 23.5. The first-order valence-corrected chi connectivity index (χ1v) is 14.0. The molecular formula is C31H30N6O2S. The van der Waals surface area contributed by atoms with Crippen LogP contribution in [0.3, 0.4) is 0 Å². The van der Waals surface area contributed by atoms with E-state index in [9.17, 15) is 4.79 Å². The van der Waals surface area contributed by atoms with Crippen LogP contribution in [0.15, 0.2) is 101 Å². The molecule has 9 heteroatoms. The summed E-state index contributed by atoms with van der Waals surface area (Å²) in [6, 6.07) is 22.2. The second-order valence-electron chi connectivity index (χ2n) is 9.66. The van der Waals surface area contributed by atoms with Crippen molar-refractivity contribution >= 4 is 27.8 Å². The Bertz CT molecular complexity index is 1910. The molecule has 8 nitrogen and oxygen atoms in total. The number of ether oxygens (including phenoxy) is 1. The second-order valence-corrected chi connectivity index (χ2v) is 10.5. The minimum Gasteiger partial charge on any atom is -0.497 e. The van der Waals surface area contributed by atoms with Crippen molar-refractivity contribution in [3.8, 4) is 22.7 Å². The van der Waals surface area contributed by atoms with Crippen LogP contribution >= 0.6 is 11.3 Å². The smallest absolute Gasteiger partial charge is 0.297 e. The lowest BCUT2D eigenvalue weighted by atomic mass is 10.0. The zero-order chi connectivity index (χ0) is 27.6. The molecule has 0 aliphatic rings. The second kappa shape index (κ2) is 10.9. The van der Waals surface area contributed by atoms with Gasteiger partial charge in [-0.25, -0.2) is 14.7 Å². The lowest BCUT2D eigenvalue weighted by Crippen LogP contribution is -2.20. The molecule has 0 fully saturated rings. The van der Waals surface area contributed by atoms with Crippen molar-refractivity contribution in [2.75, 3.05) is 7.11 Å². The van der Waals surface area contributed by atoms with E-state index in [0.29, 0.717) is 5.69 Å². The maximum Gasteiger partial charge on any atom is 0.297 e. The first-order valence-electron chi connectivity index (χ1n) is 13.1. The predicted octanol–water partition coefficient (Wildman–Crippen LogP) is 5.70. The van der Waals surface area contributed by atoms with Crippen LogP contribution in [-0.2, 0) is 20.1 Å². The van der Waals surface area contributed by atoms with E-state index in [0.717, 1.165) is 63.5 Å². The molecule has 0 unspecified atom stereocenters. The molecule has 3 heterocycles. The van der Waals surface area contributed by atoms with E-state index >= 15 is 0 Å². The number of hydrogen-bond acceptors (Lipinski definition) is 5. The lowest BCUT2D eigenvalue weighted by molar-refractivity contribution is 0.415. The van der Waals surface area contributed by atoms with Gasteiger partial charge in [-0.05, 0) is 60.0 Å². The highest BCUT2D eigenvalue weighted by molar-refractivity contribution is 7.07. The van der Waals surface area contributed by atoms with Gasteiger partial charge in [-0.2, -0.15) is 0 Å². The number of para-hydroxylation sites is 1. The molecule has 3 aromatic heterocycles. The number of fused-ring (bicyclic) bond motifs is 1. The largest absolute Gasteiger partial charge is 0.497 e. The molecule has 0 atom stereocenters. The molecule has 0 aliphatic heterocycles. The van der Waals surface area contributed by atoms with E-state index in [4.69, 9.17) is 9.73 Å². The Morgan fingerprint density at radius 3 is 2.58 bits per heavy atom. The first kappa shape index (κ1) is 25.6. The van der Waals surface area contributed by atoms with Crippen LogP contribution in [0.5, 0.6) is 5.75 Å². The highest BCUT2D eigenvalue weighted by Crippen LogP contribution is 2.28. The number of aryl methyl sites for hydroxylation is 1. The van der Waals surface area contributed by atoms with E-state index in [1.54, 1.807) is 29.3 Å². The Labute approximate surface area is 235 Å². The van der Waals surface area contributed by atoms with E-state index in [1.807, 2.05) is 73.6 Å². The van der Waals surface area contributed by atoms with Crippen LogP contribution in [-0.4, -0.2) is 30.6 Å². The molecule has 0 spiro atoms. The van der Waals surface area contributed by atoms with Gasteiger partial charge in [0.1, 0.15) is 5.75 Å². The van der Waals surface area contributed by atoms with Crippen molar-refractivity contribution in [1.29, 1.82) is 0 Å². The number of nitrogens with zero attached hydrogens (tertiary/aromatic N) is 6. The van der Waals surface area contributed by atoms with Gasteiger partial charge in [-0.15, -0.1) is 11.3 Å². The lowest BCUT2D eigenvalue weighted by Gasteiger charge is -2.11. The Morgan fingerprint density at radius 1 is 1.00 bits per heavy atom. The Balaban J connectivity index is 1.45. The molecule has 0 bridgehead atoms. The summed E-state index contributed by atoms with van der Waals surface area (Å²) < 4.78 is 13.2. The van der Waals surface area contributed by atoms with Crippen molar-refractivity contribution in [2.24, 2.45) is 12.0 Å². The molecular weight excluding hydrogens is 520 g/mol. The van der Waals surface area contributed by atoms with E-state index < -0.39 is 0 Å². The van der Waals surface area contributed by atoms with Crippen molar-refractivity contribution in [3.05, 3.63) is 112 Å². The van der Waals surface area contributed by atoms with Gasteiger partial charge in [0.05, 0.1) is 30.5 Å². The fraction of sp³-hybridized carbons (Fsp3) is 0.194. The van der Waals surface area contributed by atoms with Gasteiger partial charge in [-0.1, -0.05) is 36.4 Å². The van der Waals surface area contributed by atoms with Crippen LogP contribution in [0, 0.1) is 6.92 Å². The maximum absolute atomic E-state index is 13.6. The zero-order valence-electron chi connectivity index (χ0n) is 22.7. The van der Waals surface area contributed by atoms with Crippen molar-refractivity contribution in [2.45, 2.75) is 26.4 Å². The molecule has 0 saturated carbocycles. The van der Waals surface area contributed by atoms with Gasteiger partial charge in [0, 0.05) is 37.9 Å². The predicted molar refractivity (Wildman–Crippen MR) is 160 cm³/mol. The van der Waals surface area contributed by atoms with E-state index in [-0.39, 0.29) is 5.56 Å². The maximum atomic E-state index is 13.6. The van der Waals surface area contributed by atoms with Gasteiger partial charge in [0.15, 0.2) is 10.5 Å². The molecule has 202 valence electrons. The minimum absolute atomic E-state index is 0.134. The third-order valence-electron chi connectivity index (χ3n) is 7.23. The topological polar surface area (TPSA) is 71.3 Å². The van der Waals surface area contributed by atoms with E-state index in [2.05, 4.69) is 43.8 Å². The SMILES string of the molecule is COc1ccc2cc(-c3csc(=Nc4c(C)n(C)n(-c5ccccc5)c4=O)n3CCCn3ccnc3)ccc2c1. The number of methoxy groups -OCH3 is 1. The summed E-state index contributed by atoms with van der Waals surface area (Å²) in [5.41, 5.74) is 4.12. The average Bonchev–Trinajstić information content (AvgIpc) is 3.70. The zero-order valence-corrected chi connectivity index (χ0v) is 23.5. The number of hydrogen-bond donors (Lipinski definition) is 0. The highest BCUT2D eigenvalue weighted by atomic mass is 32.1. The van der Waals surface area contributed by atoms with Crippen LogP contribution in [0.25, 0.3) is 27.7 Å². The first-order chi connectivity index (χ1) is 19.5. The summed E-state index contributed by atoms with van der Waals surface area (Å²) in [6.07, 6.45) is 6.49. The molecule has 0 radical (unpaired) electrons. The summed E-state index contributed by atoms with van der Waals surface area (Å²) in [7, 11) is 3.58. The Hall–Kier alpha value is -4.63. The average molecular weight is 551 g/mol. The Morgan fingerprint density at radius 2 is 1.80 bits per heavy atom. The fourth-order valence-corrected chi connectivity index (χ4v) is 5.93. The van der Waals surface area contributed by atoms with E-state index in [1.165, 1.54) is 0 Å². The summed E-state index contributed by atoms with van der Waals surface area (Å²) in [5, 5.41) is 4.39. The molecule has 40 heavy (non-hydrogen) atoms. The molecule has 0 amide bonds. The summed E-state index contributed by atoms with van der Waals surface area (Å²) >= 11 is 1.55. The Kier molecular flexibility index (Phi) is 6.96. The van der Waals surface area contributed by atoms with Gasteiger partial charge in [-0.3, -0.25) is 9.48 Å². The molecule has 0 N–H and O–H groups in total. The molecule has 0 aliphatic carbocycles. The molecule has 3 aromatic carbocycles. The van der Waals surface area contributed by atoms with Crippen LogP contribution in [0.1, 0.15) is 12.1 Å². The molecule has 6 rings (SSSR count). The minimum atomic E-state index is -0.134. The monoisotopic (exact) mass is 550 g/mol. The van der Waals surface area contributed by atoms with Crippen molar-refractivity contribution in [3.63, 3.8) is 0 Å². The summed E-state index contributed by atoms with van der Waals surface area (Å²) in [6.45, 7) is 3.52.